The van der Waals surface area contributed by atoms with Gasteiger partial charge in [-0.3, -0.25) is 19.6 Å². The number of hydrogen-bond acceptors (Lipinski definition) is 5. The Kier molecular flexibility index (Phi) is 4.29. The minimum absolute atomic E-state index is 0.172. The number of β-amino-alcohol motifs (C(OH)–C–C–N with tert-alkyl or cyclic N) is 1. The maximum atomic E-state index is 12.3. The molecule has 3 rings (SSSR count). The first kappa shape index (κ1) is 15.1. The Morgan fingerprint density at radius 3 is 2.35 bits per heavy atom. The molecule has 2 atom stereocenters. The van der Waals surface area contributed by atoms with Gasteiger partial charge >= 0.3 is 0 Å². The smallest absolute Gasteiger partial charge is 0.255 e. The molecule has 2 aromatic rings. The zero-order chi connectivity index (χ0) is 16.2. The lowest BCUT2D eigenvalue weighted by Gasteiger charge is -2.16. The molecule has 118 valence electrons. The van der Waals surface area contributed by atoms with E-state index < -0.39 is 12.1 Å². The van der Waals surface area contributed by atoms with Gasteiger partial charge < -0.3 is 15.3 Å². The third-order valence-electron chi connectivity index (χ3n) is 3.72. The summed E-state index contributed by atoms with van der Waals surface area (Å²) >= 11 is 0. The Bertz CT molecular complexity index is 693. The average Bonchev–Trinajstić information content (AvgIpc) is 2.96. The lowest BCUT2D eigenvalue weighted by molar-refractivity contribution is 0.0764. The van der Waals surface area contributed by atoms with Gasteiger partial charge in [0.25, 0.3) is 11.8 Å². The fraction of sp³-hybridized carbons (Fsp3) is 0.250. The van der Waals surface area contributed by atoms with E-state index in [1.807, 2.05) is 0 Å². The SMILES string of the molecule is O=C(N[C@@H]1CN(C(=O)c2cccnc2)C[C@H]1O)c1cccnc1. The Hall–Kier alpha value is -2.80. The van der Waals surface area contributed by atoms with Gasteiger partial charge in [-0.15, -0.1) is 0 Å². The number of carbonyl (C=O) groups excluding carboxylic acids is 2. The van der Waals surface area contributed by atoms with Crippen molar-refractivity contribution in [3.05, 3.63) is 60.2 Å². The number of nitrogens with one attached hydrogen (secondary N) is 1. The van der Waals surface area contributed by atoms with Crippen LogP contribution in [0.15, 0.2) is 49.1 Å². The predicted octanol–water partition coefficient (Wildman–Crippen LogP) is 0.0919. The van der Waals surface area contributed by atoms with Crippen molar-refractivity contribution in [1.29, 1.82) is 0 Å². The van der Waals surface area contributed by atoms with Crippen molar-refractivity contribution in [2.75, 3.05) is 13.1 Å². The van der Waals surface area contributed by atoms with E-state index in [2.05, 4.69) is 15.3 Å². The quantitative estimate of drug-likeness (QED) is 0.837. The molecule has 0 spiro atoms. The normalized spacial score (nSPS) is 20.3. The van der Waals surface area contributed by atoms with Crippen LogP contribution in [0.5, 0.6) is 0 Å². The van der Waals surface area contributed by atoms with Gasteiger partial charge in [0.05, 0.1) is 23.3 Å². The van der Waals surface area contributed by atoms with E-state index >= 15 is 0 Å². The van der Waals surface area contributed by atoms with Crippen LogP contribution in [0.1, 0.15) is 20.7 Å². The second-order valence-corrected chi connectivity index (χ2v) is 5.34. The van der Waals surface area contributed by atoms with Crippen molar-refractivity contribution in [2.24, 2.45) is 0 Å². The summed E-state index contributed by atoms with van der Waals surface area (Å²) in [6.07, 6.45) is 5.30. The van der Waals surface area contributed by atoms with Crippen LogP contribution in [0.4, 0.5) is 0 Å². The first-order chi connectivity index (χ1) is 11.1. The standard InChI is InChI=1S/C16H16N4O3/c21-14-10-20(16(23)12-4-2-6-18-8-12)9-13(14)19-15(22)11-3-1-5-17-7-11/h1-8,13-14,21H,9-10H2,(H,19,22)/t13-,14-/m1/s1. The van der Waals surface area contributed by atoms with Gasteiger partial charge in [-0.2, -0.15) is 0 Å². The maximum Gasteiger partial charge on any atom is 0.255 e. The van der Waals surface area contributed by atoms with Crippen LogP contribution in [0, 0.1) is 0 Å². The summed E-state index contributed by atoms with van der Waals surface area (Å²) in [5.41, 5.74) is 0.871. The Morgan fingerprint density at radius 2 is 1.74 bits per heavy atom. The Morgan fingerprint density at radius 1 is 1.09 bits per heavy atom. The van der Waals surface area contributed by atoms with Crippen molar-refractivity contribution < 1.29 is 14.7 Å². The van der Waals surface area contributed by atoms with Gasteiger partial charge in [0.2, 0.25) is 0 Å². The number of nitrogens with zero attached hydrogens (tertiary/aromatic N) is 3. The van der Waals surface area contributed by atoms with E-state index in [-0.39, 0.29) is 24.9 Å². The highest BCUT2D eigenvalue weighted by atomic mass is 16.3. The highest BCUT2D eigenvalue weighted by molar-refractivity contribution is 5.95. The molecule has 0 aromatic carbocycles. The summed E-state index contributed by atoms with van der Waals surface area (Å²) < 4.78 is 0. The predicted molar refractivity (Wildman–Crippen MR) is 81.6 cm³/mol. The van der Waals surface area contributed by atoms with Crippen molar-refractivity contribution >= 4 is 11.8 Å². The molecular weight excluding hydrogens is 296 g/mol. The second-order valence-electron chi connectivity index (χ2n) is 5.34. The third kappa shape index (κ3) is 3.35. The summed E-state index contributed by atoms with van der Waals surface area (Å²) in [6.45, 7) is 0.423. The minimum Gasteiger partial charge on any atom is -0.389 e. The number of amides is 2. The molecule has 2 amide bonds. The highest BCUT2D eigenvalue weighted by Gasteiger charge is 2.35. The molecule has 1 aliphatic heterocycles. The van der Waals surface area contributed by atoms with E-state index in [0.29, 0.717) is 11.1 Å². The van der Waals surface area contributed by atoms with E-state index in [0.717, 1.165) is 0 Å². The first-order valence-corrected chi connectivity index (χ1v) is 7.23. The molecule has 1 saturated heterocycles. The number of rotatable bonds is 3. The lowest BCUT2D eigenvalue weighted by Crippen LogP contribution is -2.43. The molecule has 0 unspecified atom stereocenters. The van der Waals surface area contributed by atoms with Crippen molar-refractivity contribution in [1.82, 2.24) is 20.2 Å². The molecular formula is C16H16N4O3. The summed E-state index contributed by atoms with van der Waals surface area (Å²) in [6, 6.07) is 6.15. The molecule has 23 heavy (non-hydrogen) atoms. The average molecular weight is 312 g/mol. The van der Waals surface area contributed by atoms with E-state index in [9.17, 15) is 14.7 Å². The fourth-order valence-corrected chi connectivity index (χ4v) is 2.51. The van der Waals surface area contributed by atoms with Crippen LogP contribution in [0.2, 0.25) is 0 Å². The number of likely N-dealkylation sites (tertiary alicyclic amines) is 1. The molecule has 2 N–H and O–H groups in total. The van der Waals surface area contributed by atoms with Gasteiger partial charge in [0.15, 0.2) is 0 Å². The van der Waals surface area contributed by atoms with E-state index in [1.165, 1.54) is 17.3 Å². The monoisotopic (exact) mass is 312 g/mol. The van der Waals surface area contributed by atoms with E-state index in [1.54, 1.807) is 36.7 Å². The molecule has 0 bridgehead atoms. The van der Waals surface area contributed by atoms with Gasteiger partial charge in [-0.25, -0.2) is 0 Å². The number of aliphatic hydroxyl groups is 1. The minimum atomic E-state index is -0.809. The third-order valence-corrected chi connectivity index (χ3v) is 3.72. The first-order valence-electron chi connectivity index (χ1n) is 7.23. The summed E-state index contributed by atoms with van der Waals surface area (Å²) in [5.74, 6) is -0.534. The molecule has 3 heterocycles. The lowest BCUT2D eigenvalue weighted by atomic mass is 10.2. The second kappa shape index (κ2) is 6.53. The Balaban J connectivity index is 1.65. The molecule has 0 saturated carbocycles. The molecule has 2 aromatic heterocycles. The van der Waals surface area contributed by atoms with Gasteiger partial charge in [0.1, 0.15) is 0 Å². The van der Waals surface area contributed by atoms with Crippen LogP contribution in [0.25, 0.3) is 0 Å². The highest BCUT2D eigenvalue weighted by Crippen LogP contribution is 2.14. The van der Waals surface area contributed by atoms with E-state index in [4.69, 9.17) is 0 Å². The van der Waals surface area contributed by atoms with Crippen LogP contribution >= 0.6 is 0 Å². The van der Waals surface area contributed by atoms with Crippen molar-refractivity contribution in [3.8, 4) is 0 Å². The summed E-state index contributed by atoms with van der Waals surface area (Å²) in [4.78, 5) is 33.8. The van der Waals surface area contributed by atoms with Gasteiger partial charge in [0, 0.05) is 37.9 Å². The van der Waals surface area contributed by atoms with Crippen LogP contribution < -0.4 is 5.32 Å². The fourth-order valence-electron chi connectivity index (χ4n) is 2.51. The van der Waals surface area contributed by atoms with Crippen molar-refractivity contribution in [3.63, 3.8) is 0 Å². The molecule has 0 radical (unpaired) electrons. The topological polar surface area (TPSA) is 95.4 Å². The van der Waals surface area contributed by atoms with Crippen LogP contribution in [-0.2, 0) is 0 Å². The maximum absolute atomic E-state index is 12.3. The molecule has 0 aliphatic carbocycles. The number of pyridine rings is 2. The zero-order valence-electron chi connectivity index (χ0n) is 12.3. The number of hydrogen-bond donors (Lipinski definition) is 2. The summed E-state index contributed by atoms with van der Waals surface area (Å²) in [5, 5.41) is 12.9. The molecule has 1 aliphatic rings. The van der Waals surface area contributed by atoms with Crippen LogP contribution in [-0.4, -0.2) is 57.0 Å². The van der Waals surface area contributed by atoms with Gasteiger partial charge in [-0.1, -0.05) is 0 Å². The molecule has 7 heteroatoms. The molecule has 1 fully saturated rings. The largest absolute Gasteiger partial charge is 0.389 e. The summed E-state index contributed by atoms with van der Waals surface area (Å²) in [7, 11) is 0. The van der Waals surface area contributed by atoms with Gasteiger partial charge in [-0.05, 0) is 24.3 Å². The number of aliphatic hydroxyl groups excluding tert-OH is 1. The zero-order valence-corrected chi connectivity index (χ0v) is 12.3. The van der Waals surface area contributed by atoms with Crippen LogP contribution in [0.3, 0.4) is 0 Å². The Labute approximate surface area is 133 Å². The molecule has 7 nitrogen and oxygen atoms in total. The number of aromatic nitrogens is 2. The van der Waals surface area contributed by atoms with Crippen molar-refractivity contribution in [2.45, 2.75) is 12.1 Å². The number of carbonyl (C=O) groups is 2.